The Morgan fingerprint density at radius 1 is 1.21 bits per heavy atom. The quantitative estimate of drug-likeness (QED) is 0.665. The SMILES string of the molecule is Cc1nc2ncnn2c(N)c1Cc1ccc(C(F)(F)F)c(N2CCC(F)(F)C2)n1. The summed E-state index contributed by atoms with van der Waals surface area (Å²) in [6, 6.07) is 2.08. The van der Waals surface area contributed by atoms with Gasteiger partial charge in [-0.25, -0.2) is 18.7 Å². The maximum Gasteiger partial charge on any atom is 0.419 e. The molecular weight excluding hydrogens is 397 g/mol. The zero-order valence-corrected chi connectivity index (χ0v) is 15.2. The largest absolute Gasteiger partial charge is 0.419 e. The average molecular weight is 413 g/mol. The highest BCUT2D eigenvalue weighted by atomic mass is 19.4. The Labute approximate surface area is 161 Å². The first-order valence-corrected chi connectivity index (χ1v) is 8.70. The maximum atomic E-state index is 13.6. The highest BCUT2D eigenvalue weighted by Gasteiger charge is 2.43. The van der Waals surface area contributed by atoms with Crippen LogP contribution in [0, 0.1) is 6.92 Å². The van der Waals surface area contributed by atoms with Crippen molar-refractivity contribution in [1.29, 1.82) is 0 Å². The summed E-state index contributed by atoms with van der Waals surface area (Å²) < 4.78 is 68.7. The molecule has 29 heavy (non-hydrogen) atoms. The molecule has 0 spiro atoms. The van der Waals surface area contributed by atoms with E-state index in [4.69, 9.17) is 5.73 Å². The van der Waals surface area contributed by atoms with Crippen molar-refractivity contribution in [1.82, 2.24) is 24.6 Å². The Balaban J connectivity index is 1.75. The summed E-state index contributed by atoms with van der Waals surface area (Å²) in [6.45, 7) is 0.673. The van der Waals surface area contributed by atoms with E-state index in [2.05, 4.69) is 20.1 Å². The molecule has 0 aromatic carbocycles. The van der Waals surface area contributed by atoms with Crippen molar-refractivity contribution in [3.8, 4) is 0 Å². The molecule has 12 heteroatoms. The molecule has 0 saturated carbocycles. The Hall–Kier alpha value is -3.05. The number of halogens is 5. The van der Waals surface area contributed by atoms with Crippen molar-refractivity contribution in [2.45, 2.75) is 31.9 Å². The fourth-order valence-corrected chi connectivity index (χ4v) is 3.38. The second-order valence-electron chi connectivity index (χ2n) is 6.91. The number of alkyl halides is 5. The number of nitrogens with two attached hydrogens (primary N) is 1. The molecule has 0 amide bonds. The second kappa shape index (κ2) is 6.49. The van der Waals surface area contributed by atoms with Crippen molar-refractivity contribution in [2.24, 2.45) is 0 Å². The minimum absolute atomic E-state index is 0.0653. The van der Waals surface area contributed by atoms with Crippen LogP contribution in [-0.4, -0.2) is 43.6 Å². The molecule has 1 aliphatic heterocycles. The summed E-state index contributed by atoms with van der Waals surface area (Å²) in [7, 11) is 0. The first kappa shape index (κ1) is 19.3. The van der Waals surface area contributed by atoms with Gasteiger partial charge in [0.05, 0.1) is 12.1 Å². The standard InChI is InChI=1S/C17H16F5N7/c1-9-11(13(23)29-15(26-9)24-8-25-29)6-10-2-3-12(17(20,21)22)14(27-10)28-5-4-16(18,19)7-28/h2-3,8H,4-7,23H2,1H3. The summed E-state index contributed by atoms with van der Waals surface area (Å²) in [5, 5.41) is 3.96. The smallest absolute Gasteiger partial charge is 0.383 e. The van der Waals surface area contributed by atoms with Crippen LogP contribution < -0.4 is 10.6 Å². The minimum Gasteiger partial charge on any atom is -0.383 e. The van der Waals surface area contributed by atoms with Crippen LogP contribution in [0.25, 0.3) is 5.78 Å². The molecule has 154 valence electrons. The van der Waals surface area contributed by atoms with Gasteiger partial charge in [-0.3, -0.25) is 0 Å². The number of pyridine rings is 1. The molecule has 0 aliphatic carbocycles. The lowest BCUT2D eigenvalue weighted by Crippen LogP contribution is -2.28. The predicted octanol–water partition coefficient (Wildman–Crippen LogP) is 2.86. The van der Waals surface area contributed by atoms with Crippen molar-refractivity contribution in [3.63, 3.8) is 0 Å². The van der Waals surface area contributed by atoms with E-state index in [-0.39, 0.29) is 24.5 Å². The van der Waals surface area contributed by atoms with Gasteiger partial charge in [0.15, 0.2) is 0 Å². The van der Waals surface area contributed by atoms with E-state index in [1.807, 2.05) is 0 Å². The molecule has 4 heterocycles. The Morgan fingerprint density at radius 3 is 2.62 bits per heavy atom. The number of nitrogen functional groups attached to an aromatic ring is 1. The molecule has 0 atom stereocenters. The van der Waals surface area contributed by atoms with E-state index < -0.39 is 36.4 Å². The number of hydrogen-bond acceptors (Lipinski definition) is 6. The van der Waals surface area contributed by atoms with Gasteiger partial charge in [-0.2, -0.15) is 27.8 Å². The van der Waals surface area contributed by atoms with Crippen LogP contribution in [0.15, 0.2) is 18.5 Å². The molecule has 3 aromatic heterocycles. The summed E-state index contributed by atoms with van der Waals surface area (Å²) in [5.74, 6) is -3.02. The van der Waals surface area contributed by atoms with Gasteiger partial charge >= 0.3 is 6.18 Å². The highest BCUT2D eigenvalue weighted by molar-refractivity contribution is 5.53. The van der Waals surface area contributed by atoms with Gasteiger partial charge in [0, 0.05) is 36.3 Å². The third-order valence-electron chi connectivity index (χ3n) is 4.84. The fraction of sp³-hybridized carbons (Fsp3) is 0.412. The summed E-state index contributed by atoms with van der Waals surface area (Å²) in [4.78, 5) is 13.3. The van der Waals surface area contributed by atoms with Gasteiger partial charge in [-0.1, -0.05) is 0 Å². The number of aryl methyl sites for hydroxylation is 1. The maximum absolute atomic E-state index is 13.6. The topological polar surface area (TPSA) is 85.2 Å². The fourth-order valence-electron chi connectivity index (χ4n) is 3.38. The lowest BCUT2D eigenvalue weighted by atomic mass is 10.1. The van der Waals surface area contributed by atoms with Crippen molar-refractivity contribution < 1.29 is 22.0 Å². The first-order chi connectivity index (χ1) is 13.5. The zero-order valence-electron chi connectivity index (χ0n) is 15.2. The van der Waals surface area contributed by atoms with Gasteiger partial charge in [0.2, 0.25) is 0 Å². The Morgan fingerprint density at radius 2 is 1.97 bits per heavy atom. The normalized spacial score (nSPS) is 16.7. The van der Waals surface area contributed by atoms with E-state index in [1.165, 1.54) is 16.9 Å². The van der Waals surface area contributed by atoms with E-state index >= 15 is 0 Å². The molecule has 0 unspecified atom stereocenters. The molecule has 1 saturated heterocycles. The molecule has 0 radical (unpaired) electrons. The van der Waals surface area contributed by atoms with E-state index in [1.54, 1.807) is 6.92 Å². The molecule has 2 N–H and O–H groups in total. The lowest BCUT2D eigenvalue weighted by Gasteiger charge is -2.22. The van der Waals surface area contributed by atoms with Gasteiger partial charge in [-0.05, 0) is 19.1 Å². The lowest BCUT2D eigenvalue weighted by molar-refractivity contribution is -0.137. The predicted molar refractivity (Wildman–Crippen MR) is 93.8 cm³/mol. The number of rotatable bonds is 3. The average Bonchev–Trinajstić information content (AvgIpc) is 3.23. The van der Waals surface area contributed by atoms with E-state index in [0.717, 1.165) is 11.0 Å². The van der Waals surface area contributed by atoms with Crippen molar-refractivity contribution in [3.05, 3.63) is 41.0 Å². The molecule has 4 rings (SSSR count). The van der Waals surface area contributed by atoms with Crippen molar-refractivity contribution >= 4 is 17.4 Å². The number of nitrogens with zero attached hydrogens (tertiary/aromatic N) is 6. The second-order valence-corrected chi connectivity index (χ2v) is 6.91. The van der Waals surface area contributed by atoms with Gasteiger partial charge in [0.1, 0.15) is 18.0 Å². The van der Waals surface area contributed by atoms with Gasteiger partial charge < -0.3 is 10.6 Å². The number of fused-ring (bicyclic) bond motifs is 1. The van der Waals surface area contributed by atoms with E-state index in [0.29, 0.717) is 17.0 Å². The molecular formula is C17H16F5N7. The van der Waals surface area contributed by atoms with Crippen LogP contribution in [0.3, 0.4) is 0 Å². The van der Waals surface area contributed by atoms with E-state index in [9.17, 15) is 22.0 Å². The molecule has 1 aliphatic rings. The van der Waals surface area contributed by atoms with Crippen LogP contribution in [0.2, 0.25) is 0 Å². The molecule has 7 nitrogen and oxygen atoms in total. The summed E-state index contributed by atoms with van der Waals surface area (Å²) in [5.41, 5.74) is 6.36. The third-order valence-corrected chi connectivity index (χ3v) is 4.84. The van der Waals surface area contributed by atoms with Gasteiger partial charge in [-0.15, -0.1) is 0 Å². The number of anilines is 2. The molecule has 3 aromatic rings. The van der Waals surface area contributed by atoms with Crippen LogP contribution >= 0.6 is 0 Å². The summed E-state index contributed by atoms with van der Waals surface area (Å²) >= 11 is 0. The summed E-state index contributed by atoms with van der Waals surface area (Å²) in [6.07, 6.45) is -3.89. The van der Waals surface area contributed by atoms with Crippen LogP contribution in [0.1, 0.15) is 28.9 Å². The first-order valence-electron chi connectivity index (χ1n) is 8.70. The zero-order chi connectivity index (χ0) is 21.0. The van der Waals surface area contributed by atoms with Crippen LogP contribution in [0.4, 0.5) is 33.6 Å². The van der Waals surface area contributed by atoms with Crippen LogP contribution in [-0.2, 0) is 12.6 Å². The monoisotopic (exact) mass is 413 g/mol. The number of aromatic nitrogens is 5. The molecule has 0 bridgehead atoms. The third kappa shape index (κ3) is 3.54. The highest BCUT2D eigenvalue weighted by Crippen LogP contribution is 2.39. The number of hydrogen-bond donors (Lipinski definition) is 1. The van der Waals surface area contributed by atoms with Crippen LogP contribution in [0.5, 0.6) is 0 Å². The Kier molecular flexibility index (Phi) is 4.32. The molecule has 1 fully saturated rings. The Bertz CT molecular complexity index is 1080. The van der Waals surface area contributed by atoms with Gasteiger partial charge in [0.25, 0.3) is 11.7 Å². The van der Waals surface area contributed by atoms with Crippen molar-refractivity contribution in [2.75, 3.05) is 23.7 Å². The minimum atomic E-state index is -4.71.